The molecule has 2 aromatic heterocycles. The van der Waals surface area contributed by atoms with Crippen molar-refractivity contribution in [1.29, 1.82) is 0 Å². The number of imidazole rings is 1. The second kappa shape index (κ2) is 12.1. The van der Waals surface area contributed by atoms with Gasteiger partial charge in [0, 0.05) is 11.6 Å². The van der Waals surface area contributed by atoms with E-state index in [4.69, 9.17) is 27.8 Å². The highest BCUT2D eigenvalue weighted by Crippen LogP contribution is 2.32. The van der Waals surface area contributed by atoms with Crippen LogP contribution in [0.15, 0.2) is 36.9 Å². The first-order valence-electron chi connectivity index (χ1n) is 12.1. The number of hydrogen-bond donors (Lipinski definition) is 4. The highest BCUT2D eigenvalue weighted by Gasteiger charge is 2.44. The normalized spacial score (nSPS) is 22.4. The second-order valence-corrected chi connectivity index (χ2v) is 9.45. The molecule has 4 atom stereocenters. The average Bonchev–Trinajstić information content (AvgIpc) is 3.40. The van der Waals surface area contributed by atoms with Gasteiger partial charge in [-0.05, 0) is 63.0 Å². The molecule has 10 nitrogen and oxygen atoms in total. The van der Waals surface area contributed by atoms with E-state index in [-0.39, 0.29) is 5.82 Å². The number of aliphatic hydroxyl groups excluding tert-OH is 2. The molecule has 0 bridgehead atoms. The van der Waals surface area contributed by atoms with Crippen LogP contribution < -0.4 is 11.5 Å². The third kappa shape index (κ3) is 6.27. The van der Waals surface area contributed by atoms with Crippen LogP contribution in [0.2, 0.25) is 5.02 Å². The molecule has 0 unspecified atom stereocenters. The Labute approximate surface area is 209 Å². The van der Waals surface area contributed by atoms with Gasteiger partial charge in [-0.15, -0.1) is 0 Å². The smallest absolute Gasteiger partial charge is 0.167 e. The van der Waals surface area contributed by atoms with Crippen molar-refractivity contribution in [2.24, 2.45) is 5.73 Å². The Balaban J connectivity index is 1.32. The molecular formula is C24H34ClN7O3. The molecule has 1 aliphatic heterocycles. The molecule has 0 amide bonds. The van der Waals surface area contributed by atoms with Gasteiger partial charge in [0.25, 0.3) is 0 Å². The van der Waals surface area contributed by atoms with Crippen LogP contribution in [-0.2, 0) is 11.2 Å². The quantitative estimate of drug-likeness (QED) is 0.271. The first-order valence-corrected chi connectivity index (χ1v) is 12.5. The number of aliphatic hydroxyl groups is 2. The average molecular weight is 504 g/mol. The fourth-order valence-electron chi connectivity index (χ4n) is 4.52. The Bertz CT molecular complexity index is 1080. The molecule has 3 heterocycles. The number of anilines is 1. The SMILES string of the molecule is NCCCN(CCCCCc1ccc(Cl)cc1)C[C@H]1O[C@@H](n2cnc3c(N)ncnc32)[C@H](O)[C@@H]1O. The summed E-state index contributed by atoms with van der Waals surface area (Å²) in [6.07, 6.45) is 4.38. The van der Waals surface area contributed by atoms with E-state index in [2.05, 4.69) is 32.0 Å². The van der Waals surface area contributed by atoms with Gasteiger partial charge in [0.15, 0.2) is 17.7 Å². The van der Waals surface area contributed by atoms with E-state index in [9.17, 15) is 10.2 Å². The Kier molecular flexibility index (Phi) is 8.88. The van der Waals surface area contributed by atoms with Crippen LogP contribution in [0.1, 0.15) is 37.5 Å². The molecule has 190 valence electrons. The molecule has 0 spiro atoms. The summed E-state index contributed by atoms with van der Waals surface area (Å²) in [5.41, 5.74) is 13.8. The van der Waals surface area contributed by atoms with E-state index in [1.807, 2.05) is 12.1 Å². The fraction of sp³-hybridized carbons (Fsp3) is 0.542. The molecule has 1 aromatic carbocycles. The lowest BCUT2D eigenvalue weighted by Gasteiger charge is -2.26. The van der Waals surface area contributed by atoms with E-state index in [1.54, 1.807) is 4.57 Å². The number of nitrogens with two attached hydrogens (primary N) is 2. The van der Waals surface area contributed by atoms with Gasteiger partial charge in [0.05, 0.1) is 6.33 Å². The van der Waals surface area contributed by atoms with Crippen molar-refractivity contribution in [3.05, 3.63) is 47.5 Å². The summed E-state index contributed by atoms with van der Waals surface area (Å²) < 4.78 is 7.72. The molecule has 0 aliphatic carbocycles. The minimum Gasteiger partial charge on any atom is -0.387 e. The van der Waals surface area contributed by atoms with E-state index in [0.717, 1.165) is 50.2 Å². The number of nitrogens with zero attached hydrogens (tertiary/aromatic N) is 5. The van der Waals surface area contributed by atoms with Crippen molar-refractivity contribution in [1.82, 2.24) is 24.4 Å². The lowest BCUT2D eigenvalue weighted by atomic mass is 10.1. The Morgan fingerprint density at radius 1 is 1.00 bits per heavy atom. The van der Waals surface area contributed by atoms with E-state index in [1.165, 1.54) is 18.2 Å². The van der Waals surface area contributed by atoms with E-state index in [0.29, 0.717) is 24.3 Å². The summed E-state index contributed by atoms with van der Waals surface area (Å²) >= 11 is 5.96. The zero-order valence-electron chi connectivity index (χ0n) is 19.7. The predicted molar refractivity (Wildman–Crippen MR) is 135 cm³/mol. The number of ether oxygens (including phenoxy) is 1. The maximum atomic E-state index is 10.8. The van der Waals surface area contributed by atoms with Gasteiger partial charge in [-0.3, -0.25) is 4.57 Å². The van der Waals surface area contributed by atoms with Gasteiger partial charge in [-0.2, -0.15) is 0 Å². The third-order valence-electron chi connectivity index (χ3n) is 6.47. The molecule has 4 rings (SSSR count). The Hall–Kier alpha value is -2.34. The van der Waals surface area contributed by atoms with Crippen LogP contribution in [0.25, 0.3) is 11.2 Å². The number of fused-ring (bicyclic) bond motifs is 1. The van der Waals surface area contributed by atoms with Crippen molar-refractivity contribution in [3.8, 4) is 0 Å². The number of aromatic nitrogens is 4. The number of aryl methyl sites for hydroxylation is 1. The Morgan fingerprint density at radius 2 is 1.77 bits per heavy atom. The lowest BCUT2D eigenvalue weighted by molar-refractivity contribution is -0.0442. The van der Waals surface area contributed by atoms with Gasteiger partial charge < -0.3 is 31.3 Å². The summed E-state index contributed by atoms with van der Waals surface area (Å²) in [4.78, 5) is 14.7. The van der Waals surface area contributed by atoms with Gasteiger partial charge in [0.1, 0.15) is 30.2 Å². The van der Waals surface area contributed by atoms with Gasteiger partial charge >= 0.3 is 0 Å². The molecule has 1 aliphatic rings. The number of hydrogen-bond acceptors (Lipinski definition) is 9. The minimum atomic E-state index is -1.12. The number of benzene rings is 1. The molecule has 11 heteroatoms. The number of unbranched alkanes of at least 4 members (excludes halogenated alkanes) is 2. The van der Waals surface area contributed by atoms with Gasteiger partial charge in [-0.25, -0.2) is 15.0 Å². The molecule has 35 heavy (non-hydrogen) atoms. The standard InChI is InChI=1S/C24H34ClN7O3/c25-17-8-6-16(7-9-17)5-2-1-3-11-31(12-4-10-26)13-18-20(33)21(34)24(35-18)32-15-30-19-22(27)28-14-29-23(19)32/h6-9,14-15,18,20-21,24,33-34H,1-5,10-13,26H2,(H2,27,28,29)/t18-,20-,21-,24-/m1/s1. The predicted octanol–water partition coefficient (Wildman–Crippen LogP) is 1.74. The van der Waals surface area contributed by atoms with E-state index < -0.39 is 24.5 Å². The zero-order valence-corrected chi connectivity index (χ0v) is 20.5. The molecule has 0 saturated carbocycles. The summed E-state index contributed by atoms with van der Waals surface area (Å²) in [5, 5.41) is 22.3. The Morgan fingerprint density at radius 3 is 2.54 bits per heavy atom. The third-order valence-corrected chi connectivity index (χ3v) is 6.72. The van der Waals surface area contributed by atoms with Crippen molar-refractivity contribution in [2.75, 3.05) is 31.9 Å². The highest BCUT2D eigenvalue weighted by atomic mass is 35.5. The summed E-state index contributed by atoms with van der Waals surface area (Å²) in [6, 6.07) is 7.99. The summed E-state index contributed by atoms with van der Waals surface area (Å²) in [7, 11) is 0. The van der Waals surface area contributed by atoms with Crippen molar-refractivity contribution in [3.63, 3.8) is 0 Å². The number of halogens is 1. The first-order chi connectivity index (χ1) is 17.0. The largest absolute Gasteiger partial charge is 0.387 e. The van der Waals surface area contributed by atoms with Crippen LogP contribution >= 0.6 is 11.6 Å². The lowest BCUT2D eigenvalue weighted by Crippen LogP contribution is -2.41. The van der Waals surface area contributed by atoms with Crippen LogP contribution in [0.3, 0.4) is 0 Å². The number of nitrogen functional groups attached to an aromatic ring is 1. The molecule has 1 fully saturated rings. The van der Waals surface area contributed by atoms with Crippen molar-refractivity contribution >= 4 is 28.6 Å². The monoisotopic (exact) mass is 503 g/mol. The molecule has 1 saturated heterocycles. The fourth-order valence-corrected chi connectivity index (χ4v) is 4.65. The van der Waals surface area contributed by atoms with Crippen LogP contribution in [-0.4, -0.2) is 79.1 Å². The molecule has 6 N–H and O–H groups in total. The van der Waals surface area contributed by atoms with Crippen molar-refractivity contribution < 1.29 is 14.9 Å². The maximum absolute atomic E-state index is 10.8. The van der Waals surface area contributed by atoms with Gasteiger partial charge in [-0.1, -0.05) is 30.2 Å². The van der Waals surface area contributed by atoms with Gasteiger partial charge in [0.2, 0.25) is 0 Å². The topological polar surface area (TPSA) is 149 Å². The summed E-state index contributed by atoms with van der Waals surface area (Å²) in [5.74, 6) is 0.252. The van der Waals surface area contributed by atoms with Crippen LogP contribution in [0.4, 0.5) is 5.82 Å². The molecular weight excluding hydrogens is 470 g/mol. The molecule has 0 radical (unpaired) electrons. The van der Waals surface area contributed by atoms with Crippen LogP contribution in [0, 0.1) is 0 Å². The highest BCUT2D eigenvalue weighted by molar-refractivity contribution is 6.30. The van der Waals surface area contributed by atoms with Crippen LogP contribution in [0.5, 0.6) is 0 Å². The zero-order chi connectivity index (χ0) is 24.8. The van der Waals surface area contributed by atoms with E-state index >= 15 is 0 Å². The second-order valence-electron chi connectivity index (χ2n) is 9.01. The maximum Gasteiger partial charge on any atom is 0.167 e. The molecule has 3 aromatic rings. The minimum absolute atomic E-state index is 0.252. The number of rotatable bonds is 12. The van der Waals surface area contributed by atoms with Crippen molar-refractivity contribution in [2.45, 2.75) is 56.6 Å². The first kappa shape index (κ1) is 25.7. The summed E-state index contributed by atoms with van der Waals surface area (Å²) in [6.45, 7) is 2.76.